The third-order valence-corrected chi connectivity index (χ3v) is 4.51. The van der Waals surface area contributed by atoms with E-state index in [4.69, 9.17) is 0 Å². The van der Waals surface area contributed by atoms with Crippen LogP contribution in [0.4, 0.5) is 0 Å². The van der Waals surface area contributed by atoms with Crippen LogP contribution in [-0.2, 0) is 9.59 Å². The number of carbonyl (C=O) groups is 2. The van der Waals surface area contributed by atoms with Crippen LogP contribution in [0, 0.1) is 11.8 Å². The largest absolute Gasteiger partial charge is 0.354 e. The first-order valence-electron chi connectivity index (χ1n) is 9.57. The Morgan fingerprint density at radius 1 is 0.826 bits per heavy atom. The summed E-state index contributed by atoms with van der Waals surface area (Å²) in [4.78, 5) is 24.4. The van der Waals surface area contributed by atoms with Crippen LogP contribution in [0.25, 0.3) is 0 Å². The quantitative estimate of drug-likeness (QED) is 0.536. The Morgan fingerprint density at radius 2 is 1.30 bits per heavy atom. The summed E-state index contributed by atoms with van der Waals surface area (Å²) in [7, 11) is 0. The highest BCUT2D eigenvalue weighted by Crippen LogP contribution is 2.13. The lowest BCUT2D eigenvalue weighted by Gasteiger charge is -2.21. The third kappa shape index (κ3) is 9.62. The molecule has 4 nitrogen and oxygen atoms in total. The van der Waals surface area contributed by atoms with Crippen LogP contribution < -0.4 is 10.6 Å². The molecule has 3 atom stereocenters. The van der Waals surface area contributed by atoms with E-state index in [0.717, 1.165) is 51.4 Å². The summed E-state index contributed by atoms with van der Waals surface area (Å²) in [5.41, 5.74) is 0. The molecule has 0 aromatic carbocycles. The van der Waals surface area contributed by atoms with Crippen LogP contribution in [0.15, 0.2) is 0 Å². The predicted molar refractivity (Wildman–Crippen MR) is 97.2 cm³/mol. The second-order valence-electron chi connectivity index (χ2n) is 6.65. The SMILES string of the molecule is CCCC[C@@H](CC)C(=O)NC[C@@H](C)NC(=O)[C@@H](CC)CCCC. The van der Waals surface area contributed by atoms with Gasteiger partial charge >= 0.3 is 0 Å². The van der Waals surface area contributed by atoms with Gasteiger partial charge in [-0.25, -0.2) is 0 Å². The maximum atomic E-state index is 12.2. The van der Waals surface area contributed by atoms with Crippen LogP contribution in [0.5, 0.6) is 0 Å². The van der Waals surface area contributed by atoms with E-state index in [0.29, 0.717) is 6.54 Å². The van der Waals surface area contributed by atoms with E-state index in [1.807, 2.05) is 6.92 Å². The number of unbranched alkanes of at least 4 members (excludes halogenated alkanes) is 2. The molecular formula is C19H38N2O2. The van der Waals surface area contributed by atoms with E-state index >= 15 is 0 Å². The van der Waals surface area contributed by atoms with Crippen LogP contribution in [0.1, 0.15) is 86.0 Å². The highest BCUT2D eigenvalue weighted by Gasteiger charge is 2.19. The molecule has 0 heterocycles. The topological polar surface area (TPSA) is 58.2 Å². The number of hydrogen-bond donors (Lipinski definition) is 2. The minimum absolute atomic E-state index is 0.0224. The van der Waals surface area contributed by atoms with E-state index in [2.05, 4.69) is 38.3 Å². The summed E-state index contributed by atoms with van der Waals surface area (Å²) < 4.78 is 0. The lowest BCUT2D eigenvalue weighted by atomic mass is 9.98. The smallest absolute Gasteiger partial charge is 0.223 e. The molecule has 4 heteroatoms. The van der Waals surface area contributed by atoms with Crippen molar-refractivity contribution >= 4 is 11.8 Å². The molecule has 0 radical (unpaired) electrons. The van der Waals surface area contributed by atoms with Crippen molar-refractivity contribution in [3.05, 3.63) is 0 Å². The normalized spacial score (nSPS) is 14.8. The van der Waals surface area contributed by atoms with Gasteiger partial charge in [0.15, 0.2) is 0 Å². The Labute approximate surface area is 143 Å². The molecule has 0 fully saturated rings. The van der Waals surface area contributed by atoms with Gasteiger partial charge in [-0.3, -0.25) is 9.59 Å². The Kier molecular flexibility index (Phi) is 12.8. The van der Waals surface area contributed by atoms with Gasteiger partial charge in [0, 0.05) is 24.4 Å². The van der Waals surface area contributed by atoms with Gasteiger partial charge in [-0.2, -0.15) is 0 Å². The summed E-state index contributed by atoms with van der Waals surface area (Å²) in [6.07, 6.45) is 8.07. The van der Waals surface area contributed by atoms with Crippen LogP contribution in [-0.4, -0.2) is 24.4 Å². The Hall–Kier alpha value is -1.06. The van der Waals surface area contributed by atoms with E-state index in [-0.39, 0.29) is 29.7 Å². The number of hydrogen-bond acceptors (Lipinski definition) is 2. The monoisotopic (exact) mass is 326 g/mol. The molecule has 0 rings (SSSR count). The van der Waals surface area contributed by atoms with Gasteiger partial charge < -0.3 is 10.6 Å². The van der Waals surface area contributed by atoms with Gasteiger partial charge in [-0.1, -0.05) is 53.4 Å². The number of carbonyl (C=O) groups excluding carboxylic acids is 2. The standard InChI is InChI=1S/C19H38N2O2/c1-6-10-12-16(8-3)18(22)20-14-15(5)21-19(23)17(9-4)13-11-7-2/h15-17H,6-14H2,1-5H3,(H,20,22)(H,21,23)/t15-,16-,17+/m1/s1. The van der Waals surface area contributed by atoms with E-state index in [1.165, 1.54) is 0 Å². The highest BCUT2D eigenvalue weighted by molar-refractivity contribution is 5.80. The Balaban J connectivity index is 4.19. The van der Waals surface area contributed by atoms with Gasteiger partial charge in [-0.15, -0.1) is 0 Å². The van der Waals surface area contributed by atoms with Crippen molar-refractivity contribution in [1.29, 1.82) is 0 Å². The Morgan fingerprint density at radius 3 is 1.74 bits per heavy atom. The first-order chi connectivity index (χ1) is 11.0. The summed E-state index contributed by atoms with van der Waals surface area (Å²) in [6.45, 7) is 10.9. The average Bonchev–Trinajstić information content (AvgIpc) is 2.54. The predicted octanol–water partition coefficient (Wildman–Crippen LogP) is 4.04. The Bertz CT molecular complexity index is 331. The van der Waals surface area contributed by atoms with Crippen molar-refractivity contribution in [1.82, 2.24) is 10.6 Å². The summed E-state index contributed by atoms with van der Waals surface area (Å²) in [5.74, 6) is 0.452. The molecule has 0 aromatic rings. The van der Waals surface area contributed by atoms with Crippen molar-refractivity contribution in [2.75, 3.05) is 6.54 Å². The molecule has 2 N–H and O–H groups in total. The van der Waals surface area contributed by atoms with Crippen molar-refractivity contribution in [2.45, 2.75) is 92.0 Å². The molecule has 2 amide bonds. The fraction of sp³-hybridized carbons (Fsp3) is 0.895. The zero-order chi connectivity index (χ0) is 17.7. The second-order valence-corrected chi connectivity index (χ2v) is 6.65. The molecule has 0 aliphatic rings. The summed E-state index contributed by atoms with van der Waals surface area (Å²) in [5, 5.41) is 6.04. The van der Waals surface area contributed by atoms with Crippen LogP contribution in [0.3, 0.4) is 0 Å². The highest BCUT2D eigenvalue weighted by atomic mass is 16.2. The lowest BCUT2D eigenvalue weighted by Crippen LogP contribution is -2.45. The summed E-state index contributed by atoms with van der Waals surface area (Å²) >= 11 is 0. The zero-order valence-corrected chi connectivity index (χ0v) is 15.9. The van der Waals surface area contributed by atoms with Gasteiger partial charge in [-0.05, 0) is 32.6 Å². The first-order valence-corrected chi connectivity index (χ1v) is 9.57. The molecule has 0 bridgehead atoms. The molecule has 0 aromatic heterocycles. The molecule has 136 valence electrons. The van der Waals surface area contributed by atoms with Gasteiger partial charge in [0.05, 0.1) is 0 Å². The van der Waals surface area contributed by atoms with Crippen LogP contribution >= 0.6 is 0 Å². The fourth-order valence-corrected chi connectivity index (χ4v) is 2.75. The molecule has 0 aliphatic carbocycles. The van der Waals surface area contributed by atoms with E-state index in [9.17, 15) is 9.59 Å². The van der Waals surface area contributed by atoms with Crippen molar-refractivity contribution in [3.8, 4) is 0 Å². The molecule has 0 saturated carbocycles. The third-order valence-electron chi connectivity index (χ3n) is 4.51. The number of nitrogens with one attached hydrogen (secondary N) is 2. The molecular weight excluding hydrogens is 288 g/mol. The van der Waals surface area contributed by atoms with Crippen LogP contribution in [0.2, 0.25) is 0 Å². The molecule has 0 unspecified atom stereocenters. The maximum absolute atomic E-state index is 12.2. The minimum Gasteiger partial charge on any atom is -0.354 e. The maximum Gasteiger partial charge on any atom is 0.223 e. The van der Waals surface area contributed by atoms with Crippen molar-refractivity contribution in [3.63, 3.8) is 0 Å². The van der Waals surface area contributed by atoms with Gasteiger partial charge in [0.1, 0.15) is 0 Å². The number of rotatable bonds is 13. The molecule has 0 aliphatic heterocycles. The average molecular weight is 327 g/mol. The van der Waals surface area contributed by atoms with E-state index < -0.39 is 0 Å². The van der Waals surface area contributed by atoms with Crippen molar-refractivity contribution < 1.29 is 9.59 Å². The van der Waals surface area contributed by atoms with Gasteiger partial charge in [0.25, 0.3) is 0 Å². The number of amides is 2. The molecule has 0 spiro atoms. The minimum atomic E-state index is -0.0224. The van der Waals surface area contributed by atoms with Gasteiger partial charge in [0.2, 0.25) is 11.8 Å². The first kappa shape index (κ1) is 21.9. The van der Waals surface area contributed by atoms with Crippen molar-refractivity contribution in [2.24, 2.45) is 11.8 Å². The zero-order valence-electron chi connectivity index (χ0n) is 15.9. The fourth-order valence-electron chi connectivity index (χ4n) is 2.75. The van der Waals surface area contributed by atoms with E-state index in [1.54, 1.807) is 0 Å². The summed E-state index contributed by atoms with van der Waals surface area (Å²) in [6, 6.07) is -0.0224. The molecule has 23 heavy (non-hydrogen) atoms. The molecule has 0 saturated heterocycles. The second kappa shape index (κ2) is 13.4. The lowest BCUT2D eigenvalue weighted by molar-refractivity contribution is -0.127.